The van der Waals surface area contributed by atoms with Crippen molar-refractivity contribution in [1.29, 1.82) is 0 Å². The molecular weight excluding hydrogens is 143 g/mol. The lowest BCUT2D eigenvalue weighted by Gasteiger charge is -2.27. The molecule has 0 spiro atoms. The molecule has 0 aromatic rings. The van der Waals surface area contributed by atoms with Crippen molar-refractivity contribution in [2.75, 3.05) is 14.1 Å². The maximum absolute atomic E-state index is 12.8. The molecule has 0 radical (unpaired) electrons. The molecule has 2 unspecified atom stereocenters. The molecule has 0 bridgehead atoms. The maximum Gasteiger partial charge on any atom is 0.0990 e. The van der Waals surface area contributed by atoms with Gasteiger partial charge in [-0.3, -0.25) is 0 Å². The van der Waals surface area contributed by atoms with E-state index in [1.807, 2.05) is 19.0 Å². The Morgan fingerprint density at radius 2 is 2.27 bits per heavy atom. The summed E-state index contributed by atoms with van der Waals surface area (Å²) in [7, 11) is 3.87. The summed E-state index contributed by atoms with van der Waals surface area (Å²) in [6.07, 6.45) is 2.92. The van der Waals surface area contributed by atoms with Gasteiger partial charge in [-0.25, -0.2) is 4.39 Å². The van der Waals surface area contributed by atoms with Crippen LogP contribution >= 0.6 is 0 Å². The molecule has 0 heterocycles. The largest absolute Gasteiger partial charge is 0.327 e. The summed E-state index contributed by atoms with van der Waals surface area (Å²) in [6.45, 7) is 0. The van der Waals surface area contributed by atoms with Crippen LogP contribution in [0.15, 0.2) is 11.9 Å². The topological polar surface area (TPSA) is 29.3 Å². The van der Waals surface area contributed by atoms with Crippen molar-refractivity contribution in [3.63, 3.8) is 0 Å². The van der Waals surface area contributed by atoms with E-state index in [1.54, 1.807) is 6.08 Å². The van der Waals surface area contributed by atoms with Crippen LogP contribution in [0.25, 0.3) is 0 Å². The van der Waals surface area contributed by atoms with Crippen molar-refractivity contribution in [3.8, 4) is 0 Å². The zero-order valence-corrected chi connectivity index (χ0v) is 7.05. The van der Waals surface area contributed by atoms with E-state index >= 15 is 0 Å². The fourth-order valence-electron chi connectivity index (χ4n) is 1.35. The van der Waals surface area contributed by atoms with Crippen LogP contribution in [0.1, 0.15) is 12.8 Å². The maximum atomic E-state index is 12.8. The van der Waals surface area contributed by atoms with Crippen LogP contribution in [0.5, 0.6) is 0 Å². The summed E-state index contributed by atoms with van der Waals surface area (Å²) in [4.78, 5) is 1.98. The minimum absolute atomic E-state index is 0.00704. The first kappa shape index (κ1) is 8.68. The Morgan fingerprint density at radius 3 is 2.73 bits per heavy atom. The van der Waals surface area contributed by atoms with E-state index in [0.717, 1.165) is 6.42 Å². The molecule has 0 aliphatic heterocycles. The van der Waals surface area contributed by atoms with Crippen LogP contribution in [-0.2, 0) is 0 Å². The van der Waals surface area contributed by atoms with Gasteiger partial charge in [-0.15, -0.1) is 0 Å². The number of likely N-dealkylation sites (N-methyl/N-ethyl adjacent to an activating group) is 1. The first-order valence-corrected chi connectivity index (χ1v) is 3.88. The number of hydrogen-bond acceptors (Lipinski definition) is 2. The molecule has 0 aromatic heterocycles. The molecule has 1 aliphatic rings. The predicted octanol–water partition coefficient (Wildman–Crippen LogP) is 0.891. The molecule has 0 fully saturated rings. The summed E-state index contributed by atoms with van der Waals surface area (Å²) in [6, 6.07) is 0.172. The fraction of sp³-hybridized carbons (Fsp3) is 0.750. The molecule has 2 atom stereocenters. The SMILES string of the molecule is CN(C)C1C=C(F)CC(N)C1. The third kappa shape index (κ3) is 2.27. The fourth-order valence-corrected chi connectivity index (χ4v) is 1.35. The third-order valence-corrected chi connectivity index (χ3v) is 2.04. The van der Waals surface area contributed by atoms with Gasteiger partial charge in [-0.2, -0.15) is 0 Å². The van der Waals surface area contributed by atoms with Gasteiger partial charge in [0.05, 0.1) is 5.83 Å². The molecule has 0 saturated carbocycles. The van der Waals surface area contributed by atoms with Crippen molar-refractivity contribution in [1.82, 2.24) is 4.90 Å². The van der Waals surface area contributed by atoms with Crippen molar-refractivity contribution in [3.05, 3.63) is 11.9 Å². The Hall–Kier alpha value is -0.410. The summed E-state index contributed by atoms with van der Waals surface area (Å²) < 4.78 is 12.8. The number of nitrogens with two attached hydrogens (primary N) is 1. The van der Waals surface area contributed by atoms with Gasteiger partial charge in [0, 0.05) is 18.5 Å². The van der Waals surface area contributed by atoms with E-state index < -0.39 is 0 Å². The molecule has 1 rings (SSSR count). The summed E-state index contributed by atoms with van der Waals surface area (Å²) in [5, 5.41) is 0. The Bertz CT molecular complexity index is 165. The van der Waals surface area contributed by atoms with Gasteiger partial charge in [0.25, 0.3) is 0 Å². The molecule has 11 heavy (non-hydrogen) atoms. The quantitative estimate of drug-likeness (QED) is 0.614. The normalized spacial score (nSPS) is 32.3. The van der Waals surface area contributed by atoms with Crippen molar-refractivity contribution >= 4 is 0 Å². The Morgan fingerprint density at radius 1 is 1.64 bits per heavy atom. The average Bonchev–Trinajstić information content (AvgIpc) is 1.85. The van der Waals surface area contributed by atoms with Crippen LogP contribution in [0, 0.1) is 0 Å². The molecule has 0 aromatic carbocycles. The highest BCUT2D eigenvalue weighted by Crippen LogP contribution is 2.20. The molecule has 0 amide bonds. The summed E-state index contributed by atoms with van der Waals surface area (Å²) in [5.41, 5.74) is 5.65. The first-order chi connectivity index (χ1) is 5.09. The average molecular weight is 158 g/mol. The van der Waals surface area contributed by atoms with Gasteiger partial charge in [-0.1, -0.05) is 0 Å². The Balaban J connectivity index is 2.61. The summed E-state index contributed by atoms with van der Waals surface area (Å²) >= 11 is 0. The molecule has 1 aliphatic carbocycles. The number of rotatable bonds is 1. The van der Waals surface area contributed by atoms with Crippen LogP contribution in [-0.4, -0.2) is 31.1 Å². The van der Waals surface area contributed by atoms with E-state index in [0.29, 0.717) is 6.42 Å². The number of hydrogen-bond donors (Lipinski definition) is 1. The van der Waals surface area contributed by atoms with E-state index in [2.05, 4.69) is 0 Å². The summed E-state index contributed by atoms with van der Waals surface area (Å²) in [5.74, 6) is -0.0672. The van der Waals surface area contributed by atoms with Crippen LogP contribution in [0.4, 0.5) is 4.39 Å². The van der Waals surface area contributed by atoms with Gasteiger partial charge in [0.2, 0.25) is 0 Å². The number of nitrogens with zero attached hydrogens (tertiary/aromatic N) is 1. The van der Waals surface area contributed by atoms with E-state index in [9.17, 15) is 4.39 Å². The van der Waals surface area contributed by atoms with E-state index in [-0.39, 0.29) is 17.9 Å². The van der Waals surface area contributed by atoms with Crippen molar-refractivity contribution in [2.45, 2.75) is 24.9 Å². The first-order valence-electron chi connectivity index (χ1n) is 3.88. The molecule has 2 N–H and O–H groups in total. The minimum Gasteiger partial charge on any atom is -0.327 e. The highest BCUT2D eigenvalue weighted by molar-refractivity contribution is 5.07. The van der Waals surface area contributed by atoms with Gasteiger partial charge in [-0.05, 0) is 26.6 Å². The van der Waals surface area contributed by atoms with Gasteiger partial charge < -0.3 is 10.6 Å². The van der Waals surface area contributed by atoms with Crippen LogP contribution in [0.2, 0.25) is 0 Å². The monoisotopic (exact) mass is 158 g/mol. The second kappa shape index (κ2) is 3.32. The van der Waals surface area contributed by atoms with Crippen LogP contribution in [0.3, 0.4) is 0 Å². The lowest BCUT2D eigenvalue weighted by molar-refractivity contribution is 0.287. The van der Waals surface area contributed by atoms with Gasteiger partial charge in [0.15, 0.2) is 0 Å². The van der Waals surface area contributed by atoms with Crippen molar-refractivity contribution < 1.29 is 4.39 Å². The van der Waals surface area contributed by atoms with Gasteiger partial charge in [0.1, 0.15) is 0 Å². The standard InChI is InChI=1S/C8H15FN2/c1-11(2)8-4-6(9)3-7(10)5-8/h4,7-8H,3,5,10H2,1-2H3. The highest BCUT2D eigenvalue weighted by Gasteiger charge is 2.20. The molecule has 0 saturated heterocycles. The number of halogens is 1. The Kier molecular flexibility index (Phi) is 2.62. The molecular formula is C8H15FN2. The zero-order valence-electron chi connectivity index (χ0n) is 7.05. The predicted molar refractivity (Wildman–Crippen MR) is 43.9 cm³/mol. The highest BCUT2D eigenvalue weighted by atomic mass is 19.1. The smallest absolute Gasteiger partial charge is 0.0990 e. The molecule has 2 nitrogen and oxygen atoms in total. The lowest BCUT2D eigenvalue weighted by atomic mass is 9.97. The Labute approximate surface area is 66.9 Å². The zero-order chi connectivity index (χ0) is 8.43. The van der Waals surface area contributed by atoms with E-state index in [4.69, 9.17) is 5.73 Å². The third-order valence-electron chi connectivity index (χ3n) is 2.04. The minimum atomic E-state index is -0.0672. The lowest BCUT2D eigenvalue weighted by Crippen LogP contribution is -2.36. The second-order valence-corrected chi connectivity index (χ2v) is 3.34. The second-order valence-electron chi connectivity index (χ2n) is 3.34. The molecule has 64 valence electrons. The van der Waals surface area contributed by atoms with E-state index in [1.165, 1.54) is 0 Å². The van der Waals surface area contributed by atoms with Gasteiger partial charge >= 0.3 is 0 Å². The molecule has 3 heteroatoms. The van der Waals surface area contributed by atoms with Crippen molar-refractivity contribution in [2.24, 2.45) is 5.73 Å². The van der Waals surface area contributed by atoms with Crippen LogP contribution < -0.4 is 5.73 Å².